The topological polar surface area (TPSA) is 119 Å². The predicted octanol–water partition coefficient (Wildman–Crippen LogP) is 7.87. The van der Waals surface area contributed by atoms with E-state index in [4.69, 9.17) is 4.74 Å². The smallest absolute Gasteiger partial charge is 0.337 e. The molecule has 42 heavy (non-hydrogen) atoms. The van der Waals surface area contributed by atoms with Crippen molar-refractivity contribution in [3.63, 3.8) is 0 Å². The van der Waals surface area contributed by atoms with Gasteiger partial charge >= 0.3 is 5.97 Å². The van der Waals surface area contributed by atoms with Crippen molar-refractivity contribution in [2.45, 2.75) is 152 Å². The first-order valence-electron chi connectivity index (χ1n) is 16.4. The van der Waals surface area contributed by atoms with Crippen molar-refractivity contribution in [3.8, 4) is 0 Å². The lowest BCUT2D eigenvalue weighted by atomic mass is 10.1. The van der Waals surface area contributed by atoms with E-state index in [2.05, 4.69) is 23.3 Å². The molecule has 1 aromatic rings. The van der Waals surface area contributed by atoms with Gasteiger partial charge in [-0.05, 0) is 31.0 Å². The molecule has 2 N–H and O–H groups in total. The molecule has 10 heteroatoms. The molecule has 244 valence electrons. The third-order valence-electron chi connectivity index (χ3n) is 7.57. The van der Waals surface area contributed by atoms with Crippen molar-refractivity contribution < 1.29 is 26.4 Å². The Bertz CT molecular complexity index is 1000. The van der Waals surface area contributed by atoms with Gasteiger partial charge in [0.15, 0.2) is 0 Å². The molecule has 0 aromatic heterocycles. The standard InChI is InChI=1S/C32H58N2O6S2/c1-4-6-8-10-12-14-16-18-20-22-24-33-41(36,37)30-26-29(32(35)40-3)27-31(28-30)42(38,39)34-25-23-21-19-17-15-13-11-9-7-5-2/h26-28,33-34H,4-25H2,1-3H3. The van der Waals surface area contributed by atoms with Crippen LogP contribution in [0.3, 0.4) is 0 Å². The monoisotopic (exact) mass is 630 g/mol. The van der Waals surface area contributed by atoms with E-state index in [0.29, 0.717) is 12.8 Å². The molecule has 0 aliphatic heterocycles. The molecule has 0 saturated heterocycles. The minimum absolute atomic E-state index is 0.126. The number of sulfonamides is 2. The van der Waals surface area contributed by atoms with Crippen LogP contribution in [0, 0.1) is 0 Å². The molecule has 1 rings (SSSR count). The van der Waals surface area contributed by atoms with Gasteiger partial charge in [0, 0.05) is 13.1 Å². The van der Waals surface area contributed by atoms with Gasteiger partial charge in [-0.2, -0.15) is 0 Å². The predicted molar refractivity (Wildman–Crippen MR) is 172 cm³/mol. The molecular formula is C32H58N2O6S2. The van der Waals surface area contributed by atoms with Crippen LogP contribution in [0.15, 0.2) is 28.0 Å². The zero-order chi connectivity index (χ0) is 31.1. The molecule has 1 aromatic carbocycles. The number of benzene rings is 1. The van der Waals surface area contributed by atoms with E-state index in [9.17, 15) is 21.6 Å². The van der Waals surface area contributed by atoms with Gasteiger partial charge in [0.05, 0.1) is 22.5 Å². The van der Waals surface area contributed by atoms with Crippen molar-refractivity contribution in [1.82, 2.24) is 9.44 Å². The van der Waals surface area contributed by atoms with Crippen LogP contribution in [0.1, 0.15) is 153 Å². The number of rotatable bonds is 27. The Morgan fingerprint density at radius 2 is 0.857 bits per heavy atom. The van der Waals surface area contributed by atoms with Gasteiger partial charge in [-0.25, -0.2) is 31.1 Å². The molecule has 0 amide bonds. The van der Waals surface area contributed by atoms with Gasteiger partial charge in [0.25, 0.3) is 0 Å². The van der Waals surface area contributed by atoms with E-state index >= 15 is 0 Å². The SMILES string of the molecule is CCCCCCCCCCCCNS(=O)(=O)c1cc(C(=O)OC)cc(S(=O)(=O)NCCCCCCCCCCCC)c1. The minimum Gasteiger partial charge on any atom is -0.465 e. The summed E-state index contributed by atoms with van der Waals surface area (Å²) >= 11 is 0. The van der Waals surface area contributed by atoms with Crippen LogP contribution in [-0.2, 0) is 24.8 Å². The summed E-state index contributed by atoms with van der Waals surface area (Å²) in [6.07, 6.45) is 22.8. The number of carbonyl (C=O) groups is 1. The Labute approximate surface area is 257 Å². The van der Waals surface area contributed by atoms with Gasteiger partial charge in [-0.3, -0.25) is 0 Å². The van der Waals surface area contributed by atoms with Crippen molar-refractivity contribution in [2.24, 2.45) is 0 Å². The third-order valence-corrected chi connectivity index (χ3v) is 10.4. The van der Waals surface area contributed by atoms with Crippen LogP contribution in [-0.4, -0.2) is 43.0 Å². The zero-order valence-electron chi connectivity index (χ0n) is 26.6. The fourth-order valence-electron chi connectivity index (χ4n) is 4.92. The first-order valence-corrected chi connectivity index (χ1v) is 19.4. The maximum absolute atomic E-state index is 13.0. The molecule has 0 aliphatic rings. The second kappa shape index (κ2) is 23.0. The Morgan fingerprint density at radius 3 is 1.17 bits per heavy atom. The van der Waals surface area contributed by atoms with Crippen molar-refractivity contribution in [2.75, 3.05) is 20.2 Å². The van der Waals surface area contributed by atoms with Crippen molar-refractivity contribution >= 4 is 26.0 Å². The highest BCUT2D eigenvalue weighted by Crippen LogP contribution is 2.20. The molecular weight excluding hydrogens is 572 g/mol. The van der Waals surface area contributed by atoms with E-state index in [1.807, 2.05) is 0 Å². The summed E-state index contributed by atoms with van der Waals surface area (Å²) < 4.78 is 61.9. The molecule has 0 atom stereocenters. The average Bonchev–Trinajstić information content (AvgIpc) is 2.98. The molecule has 0 bridgehead atoms. The summed E-state index contributed by atoms with van der Waals surface area (Å²) in [5.41, 5.74) is -0.126. The summed E-state index contributed by atoms with van der Waals surface area (Å²) in [5, 5.41) is 0. The number of esters is 1. The number of hydrogen-bond acceptors (Lipinski definition) is 6. The van der Waals surface area contributed by atoms with Crippen LogP contribution < -0.4 is 9.44 Å². The second-order valence-corrected chi connectivity index (χ2v) is 14.9. The number of methoxy groups -OCH3 is 1. The Kier molecular flexibility index (Phi) is 21.1. The molecule has 8 nitrogen and oxygen atoms in total. The Morgan fingerprint density at radius 1 is 0.548 bits per heavy atom. The fraction of sp³-hybridized carbons (Fsp3) is 0.781. The summed E-state index contributed by atoms with van der Waals surface area (Å²) in [4.78, 5) is 11.7. The van der Waals surface area contributed by atoms with Crippen molar-refractivity contribution in [3.05, 3.63) is 23.8 Å². The quantitative estimate of drug-likeness (QED) is 0.0754. The molecule has 0 spiro atoms. The van der Waals surface area contributed by atoms with E-state index < -0.39 is 26.0 Å². The Hall–Kier alpha value is -1.49. The highest BCUT2D eigenvalue weighted by Gasteiger charge is 2.23. The van der Waals surface area contributed by atoms with E-state index in [0.717, 1.165) is 56.7 Å². The van der Waals surface area contributed by atoms with Gasteiger partial charge in [0.1, 0.15) is 0 Å². The lowest BCUT2D eigenvalue weighted by Gasteiger charge is -2.12. The number of hydrogen-bond donors (Lipinski definition) is 2. The molecule has 0 aliphatic carbocycles. The third kappa shape index (κ3) is 17.0. The lowest BCUT2D eigenvalue weighted by molar-refractivity contribution is 0.0600. The van der Waals surface area contributed by atoms with E-state index in [1.54, 1.807) is 0 Å². The largest absolute Gasteiger partial charge is 0.465 e. The second-order valence-electron chi connectivity index (χ2n) is 11.3. The zero-order valence-corrected chi connectivity index (χ0v) is 28.2. The molecule has 0 unspecified atom stereocenters. The van der Waals surface area contributed by atoms with Gasteiger partial charge in [-0.1, -0.05) is 129 Å². The maximum atomic E-state index is 13.0. The van der Waals surface area contributed by atoms with E-state index in [1.165, 1.54) is 84.2 Å². The van der Waals surface area contributed by atoms with Crippen LogP contribution in [0.5, 0.6) is 0 Å². The molecule has 0 heterocycles. The molecule has 0 saturated carbocycles. The lowest BCUT2D eigenvalue weighted by Crippen LogP contribution is -2.27. The van der Waals surface area contributed by atoms with Crippen LogP contribution >= 0.6 is 0 Å². The van der Waals surface area contributed by atoms with Crippen molar-refractivity contribution in [1.29, 1.82) is 0 Å². The highest BCUT2D eigenvalue weighted by molar-refractivity contribution is 7.90. The minimum atomic E-state index is -4.01. The van der Waals surface area contributed by atoms with Gasteiger partial charge in [0.2, 0.25) is 20.0 Å². The van der Waals surface area contributed by atoms with Gasteiger partial charge in [-0.15, -0.1) is 0 Å². The summed E-state index contributed by atoms with van der Waals surface area (Å²) in [6, 6.07) is 3.43. The first-order chi connectivity index (χ1) is 20.2. The van der Waals surface area contributed by atoms with E-state index in [-0.39, 0.29) is 28.4 Å². The molecule has 0 fully saturated rings. The summed E-state index contributed by atoms with van der Waals surface area (Å²) in [7, 11) is -6.86. The van der Waals surface area contributed by atoms with Crippen LogP contribution in [0.2, 0.25) is 0 Å². The summed E-state index contributed by atoms with van der Waals surface area (Å²) in [6.45, 7) is 4.92. The normalized spacial score (nSPS) is 12.1. The maximum Gasteiger partial charge on any atom is 0.337 e. The number of nitrogens with one attached hydrogen (secondary N) is 2. The average molecular weight is 631 g/mol. The number of unbranched alkanes of at least 4 members (excludes halogenated alkanes) is 18. The number of carbonyl (C=O) groups excluding carboxylic acids is 1. The van der Waals surface area contributed by atoms with Crippen LogP contribution in [0.25, 0.3) is 0 Å². The first kappa shape index (κ1) is 38.5. The number of ether oxygens (including phenoxy) is 1. The Balaban J connectivity index is 2.59. The van der Waals surface area contributed by atoms with Crippen LogP contribution in [0.4, 0.5) is 0 Å². The molecule has 0 radical (unpaired) electrons. The van der Waals surface area contributed by atoms with Gasteiger partial charge < -0.3 is 4.74 Å². The highest BCUT2D eigenvalue weighted by atomic mass is 32.2. The summed E-state index contributed by atoms with van der Waals surface area (Å²) in [5.74, 6) is -0.798. The fourth-order valence-corrected chi connectivity index (χ4v) is 7.28.